The molecule has 3 rings (SSSR count). The largest absolute Gasteiger partial charge is 0.465 e. The summed E-state index contributed by atoms with van der Waals surface area (Å²) in [5, 5.41) is 2.24. The maximum atomic E-state index is 12.6. The third-order valence-corrected chi connectivity index (χ3v) is 5.59. The first-order chi connectivity index (χ1) is 14.3. The van der Waals surface area contributed by atoms with Crippen LogP contribution in [-0.2, 0) is 14.3 Å². The lowest BCUT2D eigenvalue weighted by molar-refractivity contribution is -0.127. The number of anilines is 1. The fraction of sp³-hybridized carbons (Fsp3) is 0.182. The van der Waals surface area contributed by atoms with Gasteiger partial charge in [0, 0.05) is 5.69 Å². The minimum absolute atomic E-state index is 0.213. The zero-order chi connectivity index (χ0) is 21.8. The molecule has 0 bridgehead atoms. The zero-order valence-corrected chi connectivity index (χ0v) is 17.5. The number of benzene rings is 2. The molecular formula is C22H20N2O5S. The summed E-state index contributed by atoms with van der Waals surface area (Å²) in [6.45, 7) is 3.46. The number of rotatable bonds is 5. The molecule has 3 amide bonds. The van der Waals surface area contributed by atoms with Crippen molar-refractivity contribution in [1.29, 1.82) is 0 Å². The average molecular weight is 424 g/mol. The van der Waals surface area contributed by atoms with Gasteiger partial charge >= 0.3 is 5.97 Å². The standard InChI is InChI=1S/C22H20N2O5S/c1-13-5-4-6-17(14(13)2)23-19(25)12-24-20(26)18(30-22(24)28)11-15-7-9-16(10-8-15)21(27)29-3/h4-11H,12H2,1-3H3,(H,23,25)/b18-11+. The van der Waals surface area contributed by atoms with E-state index >= 15 is 0 Å². The summed E-state index contributed by atoms with van der Waals surface area (Å²) in [4.78, 5) is 49.9. The van der Waals surface area contributed by atoms with E-state index in [9.17, 15) is 19.2 Å². The van der Waals surface area contributed by atoms with Gasteiger partial charge in [0.05, 0.1) is 17.6 Å². The number of carbonyl (C=O) groups excluding carboxylic acids is 4. The molecule has 1 fully saturated rings. The first-order valence-electron chi connectivity index (χ1n) is 9.10. The maximum absolute atomic E-state index is 12.6. The zero-order valence-electron chi connectivity index (χ0n) is 16.7. The number of ether oxygens (including phenoxy) is 1. The number of hydrogen-bond acceptors (Lipinski definition) is 6. The van der Waals surface area contributed by atoms with Gasteiger partial charge in [-0.25, -0.2) is 4.79 Å². The Bertz CT molecular complexity index is 1060. The Morgan fingerprint density at radius 1 is 1.10 bits per heavy atom. The maximum Gasteiger partial charge on any atom is 0.337 e. The molecule has 1 N–H and O–H groups in total. The Labute approximate surface area is 178 Å². The van der Waals surface area contributed by atoms with Crippen molar-refractivity contribution in [1.82, 2.24) is 4.90 Å². The molecule has 1 aliphatic rings. The van der Waals surface area contributed by atoms with Gasteiger partial charge in [0.2, 0.25) is 5.91 Å². The van der Waals surface area contributed by atoms with Crippen LogP contribution in [0, 0.1) is 13.8 Å². The van der Waals surface area contributed by atoms with Gasteiger partial charge in [-0.3, -0.25) is 19.3 Å². The summed E-state index contributed by atoms with van der Waals surface area (Å²) in [5.41, 5.74) is 3.63. The van der Waals surface area contributed by atoms with Gasteiger partial charge in [0.15, 0.2) is 0 Å². The molecule has 30 heavy (non-hydrogen) atoms. The fourth-order valence-electron chi connectivity index (χ4n) is 2.84. The summed E-state index contributed by atoms with van der Waals surface area (Å²) >= 11 is 0.772. The van der Waals surface area contributed by atoms with E-state index in [0.717, 1.165) is 27.8 Å². The lowest BCUT2D eigenvalue weighted by Gasteiger charge is -2.14. The highest BCUT2D eigenvalue weighted by Crippen LogP contribution is 2.32. The van der Waals surface area contributed by atoms with Crippen molar-refractivity contribution >= 4 is 46.5 Å². The van der Waals surface area contributed by atoms with Crippen LogP contribution >= 0.6 is 11.8 Å². The smallest absolute Gasteiger partial charge is 0.337 e. The first-order valence-corrected chi connectivity index (χ1v) is 9.91. The van der Waals surface area contributed by atoms with Crippen molar-refractivity contribution in [2.45, 2.75) is 13.8 Å². The topological polar surface area (TPSA) is 92.8 Å². The summed E-state index contributed by atoms with van der Waals surface area (Å²) < 4.78 is 4.65. The molecule has 2 aromatic rings. The van der Waals surface area contributed by atoms with Crippen molar-refractivity contribution in [2.75, 3.05) is 19.0 Å². The average Bonchev–Trinajstić information content (AvgIpc) is 2.98. The van der Waals surface area contributed by atoms with Crippen LogP contribution in [0.4, 0.5) is 10.5 Å². The Balaban J connectivity index is 1.69. The van der Waals surface area contributed by atoms with Crippen LogP contribution in [0.3, 0.4) is 0 Å². The molecule has 2 aromatic carbocycles. The Morgan fingerprint density at radius 3 is 2.47 bits per heavy atom. The number of thioether (sulfide) groups is 1. The quantitative estimate of drug-likeness (QED) is 0.580. The van der Waals surface area contributed by atoms with Crippen LogP contribution in [0.5, 0.6) is 0 Å². The highest BCUT2D eigenvalue weighted by atomic mass is 32.2. The van der Waals surface area contributed by atoms with E-state index in [1.165, 1.54) is 7.11 Å². The van der Waals surface area contributed by atoms with Gasteiger partial charge in [-0.15, -0.1) is 0 Å². The monoisotopic (exact) mass is 424 g/mol. The highest BCUT2D eigenvalue weighted by Gasteiger charge is 2.36. The SMILES string of the molecule is COC(=O)c1ccc(/C=C2/SC(=O)N(CC(=O)Nc3cccc(C)c3C)C2=O)cc1. The number of nitrogens with zero attached hydrogens (tertiary/aromatic N) is 1. The summed E-state index contributed by atoms with van der Waals surface area (Å²) in [5.74, 6) is -1.44. The number of methoxy groups -OCH3 is 1. The fourth-order valence-corrected chi connectivity index (χ4v) is 3.68. The van der Waals surface area contributed by atoms with E-state index in [1.807, 2.05) is 26.0 Å². The first kappa shape index (κ1) is 21.3. The van der Waals surface area contributed by atoms with E-state index in [1.54, 1.807) is 36.4 Å². The molecule has 8 heteroatoms. The third kappa shape index (κ3) is 4.60. The number of hydrogen-bond donors (Lipinski definition) is 1. The van der Waals surface area contributed by atoms with Crippen molar-refractivity contribution in [3.05, 3.63) is 69.6 Å². The number of esters is 1. The third-order valence-electron chi connectivity index (χ3n) is 4.68. The second kappa shape index (κ2) is 8.96. The molecule has 0 radical (unpaired) electrons. The highest BCUT2D eigenvalue weighted by molar-refractivity contribution is 8.18. The lowest BCUT2D eigenvalue weighted by Crippen LogP contribution is -2.36. The van der Waals surface area contributed by atoms with Gasteiger partial charge in [-0.05, 0) is 66.6 Å². The van der Waals surface area contributed by atoms with Crippen LogP contribution in [0.15, 0.2) is 47.4 Å². The van der Waals surface area contributed by atoms with E-state index < -0.39 is 23.0 Å². The Morgan fingerprint density at radius 2 is 1.80 bits per heavy atom. The van der Waals surface area contributed by atoms with Crippen molar-refractivity contribution in [3.8, 4) is 0 Å². The molecule has 0 aromatic heterocycles. The van der Waals surface area contributed by atoms with E-state index in [0.29, 0.717) is 16.8 Å². The summed E-state index contributed by atoms with van der Waals surface area (Å²) in [6, 6.07) is 12.0. The predicted molar refractivity (Wildman–Crippen MR) is 115 cm³/mol. The number of aryl methyl sites for hydroxylation is 1. The van der Waals surface area contributed by atoms with E-state index in [4.69, 9.17) is 0 Å². The summed E-state index contributed by atoms with van der Waals surface area (Å²) in [7, 11) is 1.29. The molecular weight excluding hydrogens is 404 g/mol. The second-order valence-corrected chi connectivity index (χ2v) is 7.67. The Hall–Kier alpha value is -3.39. The molecule has 0 spiro atoms. The lowest BCUT2D eigenvalue weighted by atomic mass is 10.1. The minimum Gasteiger partial charge on any atom is -0.465 e. The molecule has 7 nitrogen and oxygen atoms in total. The normalized spacial score (nSPS) is 14.9. The molecule has 1 heterocycles. The molecule has 1 aliphatic heterocycles. The van der Waals surface area contributed by atoms with Gasteiger partial charge < -0.3 is 10.1 Å². The van der Waals surface area contributed by atoms with Crippen LogP contribution in [-0.4, -0.2) is 41.6 Å². The van der Waals surface area contributed by atoms with Crippen LogP contribution < -0.4 is 5.32 Å². The van der Waals surface area contributed by atoms with Crippen LogP contribution in [0.2, 0.25) is 0 Å². The van der Waals surface area contributed by atoms with E-state index in [2.05, 4.69) is 10.1 Å². The van der Waals surface area contributed by atoms with Crippen molar-refractivity contribution in [3.63, 3.8) is 0 Å². The van der Waals surface area contributed by atoms with Gasteiger partial charge in [0.1, 0.15) is 6.54 Å². The van der Waals surface area contributed by atoms with Gasteiger partial charge in [-0.1, -0.05) is 24.3 Å². The van der Waals surface area contributed by atoms with Crippen molar-refractivity contribution in [2.24, 2.45) is 0 Å². The number of carbonyl (C=O) groups is 4. The second-order valence-electron chi connectivity index (χ2n) is 6.68. The Kier molecular flexibility index (Phi) is 6.37. The van der Waals surface area contributed by atoms with Gasteiger partial charge in [0.25, 0.3) is 11.1 Å². The number of nitrogens with one attached hydrogen (secondary N) is 1. The number of amides is 3. The molecule has 0 saturated carbocycles. The molecule has 0 aliphatic carbocycles. The molecule has 154 valence electrons. The van der Waals surface area contributed by atoms with Crippen LogP contribution in [0.1, 0.15) is 27.0 Å². The van der Waals surface area contributed by atoms with Gasteiger partial charge in [-0.2, -0.15) is 0 Å². The molecule has 0 atom stereocenters. The van der Waals surface area contributed by atoms with Crippen molar-refractivity contribution < 1.29 is 23.9 Å². The summed E-state index contributed by atoms with van der Waals surface area (Å²) in [6.07, 6.45) is 1.55. The molecule has 0 unspecified atom stereocenters. The minimum atomic E-state index is -0.529. The predicted octanol–water partition coefficient (Wildman–Crippen LogP) is 3.77. The van der Waals surface area contributed by atoms with E-state index in [-0.39, 0.29) is 11.4 Å². The number of imide groups is 1. The molecule has 1 saturated heterocycles. The van der Waals surface area contributed by atoms with Crippen LogP contribution in [0.25, 0.3) is 6.08 Å².